The van der Waals surface area contributed by atoms with Gasteiger partial charge in [0.15, 0.2) is 0 Å². The van der Waals surface area contributed by atoms with Gasteiger partial charge in [0.1, 0.15) is 6.10 Å². The number of benzene rings is 1. The summed E-state index contributed by atoms with van der Waals surface area (Å²) in [5, 5.41) is 6.30. The second-order valence-electron chi connectivity index (χ2n) is 8.86. The number of aromatic nitrogens is 3. The molecule has 4 rings (SSSR count). The summed E-state index contributed by atoms with van der Waals surface area (Å²) < 4.78 is 5.93. The molecule has 1 aliphatic heterocycles. The van der Waals surface area contributed by atoms with Crippen LogP contribution in [0.15, 0.2) is 67.1 Å². The lowest BCUT2D eigenvalue weighted by Gasteiger charge is -2.33. The Morgan fingerprint density at radius 3 is 2.61 bits per heavy atom. The Morgan fingerprint density at radius 2 is 1.88 bits per heavy atom. The number of nitrogens with zero attached hydrogens (tertiary/aromatic N) is 4. The van der Waals surface area contributed by atoms with E-state index in [4.69, 9.17) is 4.74 Å². The van der Waals surface area contributed by atoms with Crippen molar-refractivity contribution < 1.29 is 9.53 Å². The molecule has 2 aromatic heterocycles. The molecule has 1 saturated heterocycles. The van der Waals surface area contributed by atoms with Crippen molar-refractivity contribution in [1.29, 1.82) is 0 Å². The molecule has 0 spiro atoms. The molecule has 1 amide bonds. The highest BCUT2D eigenvalue weighted by Crippen LogP contribution is 2.22. The van der Waals surface area contributed by atoms with E-state index in [1.807, 2.05) is 30.3 Å². The SMILES string of the molecule is CC(C)(Cc1ccccc1)NC(=O)CN1CCO[C@H](c2ccc(Nc3ncccn3)cn2)C1. The Balaban J connectivity index is 1.29. The first-order valence-electron chi connectivity index (χ1n) is 11.2. The van der Waals surface area contributed by atoms with Gasteiger partial charge >= 0.3 is 0 Å². The zero-order chi connectivity index (χ0) is 23.1. The number of amides is 1. The number of ether oxygens (including phenoxy) is 1. The molecule has 172 valence electrons. The summed E-state index contributed by atoms with van der Waals surface area (Å²) in [4.78, 5) is 27.7. The molecule has 8 heteroatoms. The molecule has 1 aliphatic rings. The quantitative estimate of drug-likeness (QED) is 0.549. The van der Waals surface area contributed by atoms with Crippen LogP contribution in [-0.4, -0.2) is 57.5 Å². The average Bonchev–Trinajstić information content (AvgIpc) is 2.80. The minimum absolute atomic E-state index is 0.0203. The Bertz CT molecular complexity index is 1030. The van der Waals surface area contributed by atoms with Gasteiger partial charge < -0.3 is 15.4 Å². The van der Waals surface area contributed by atoms with Crippen LogP contribution in [0.1, 0.15) is 31.2 Å². The van der Waals surface area contributed by atoms with Crippen molar-refractivity contribution in [3.63, 3.8) is 0 Å². The minimum atomic E-state index is -0.322. The van der Waals surface area contributed by atoms with Crippen LogP contribution in [0.3, 0.4) is 0 Å². The number of hydrogen-bond acceptors (Lipinski definition) is 7. The van der Waals surface area contributed by atoms with E-state index in [9.17, 15) is 4.79 Å². The number of hydrogen-bond donors (Lipinski definition) is 2. The number of carbonyl (C=O) groups is 1. The van der Waals surface area contributed by atoms with E-state index in [0.29, 0.717) is 32.2 Å². The minimum Gasteiger partial charge on any atom is -0.369 e. The molecule has 33 heavy (non-hydrogen) atoms. The average molecular weight is 447 g/mol. The van der Waals surface area contributed by atoms with Crippen LogP contribution in [0, 0.1) is 0 Å². The summed E-state index contributed by atoms with van der Waals surface area (Å²) in [7, 11) is 0. The van der Waals surface area contributed by atoms with Crippen molar-refractivity contribution in [2.45, 2.75) is 31.9 Å². The molecule has 1 atom stereocenters. The highest BCUT2D eigenvalue weighted by atomic mass is 16.5. The van der Waals surface area contributed by atoms with Crippen LogP contribution in [-0.2, 0) is 16.0 Å². The van der Waals surface area contributed by atoms with E-state index in [0.717, 1.165) is 17.8 Å². The molecule has 2 N–H and O–H groups in total. The zero-order valence-electron chi connectivity index (χ0n) is 19.1. The normalized spacial score (nSPS) is 16.8. The lowest BCUT2D eigenvalue weighted by Crippen LogP contribution is -2.50. The molecule has 0 bridgehead atoms. The van der Waals surface area contributed by atoms with Crippen LogP contribution in [0.4, 0.5) is 11.6 Å². The predicted octanol–water partition coefficient (Wildman–Crippen LogP) is 3.13. The number of morpholine rings is 1. The van der Waals surface area contributed by atoms with Crippen molar-refractivity contribution in [1.82, 2.24) is 25.2 Å². The fourth-order valence-corrected chi connectivity index (χ4v) is 3.96. The largest absolute Gasteiger partial charge is 0.369 e. The van der Waals surface area contributed by atoms with E-state index in [1.165, 1.54) is 5.56 Å². The van der Waals surface area contributed by atoms with Crippen molar-refractivity contribution in [2.24, 2.45) is 0 Å². The van der Waals surface area contributed by atoms with Crippen molar-refractivity contribution >= 4 is 17.5 Å². The summed E-state index contributed by atoms with van der Waals surface area (Å²) in [5.41, 5.74) is 2.52. The summed E-state index contributed by atoms with van der Waals surface area (Å²) in [6.07, 6.45) is 5.71. The van der Waals surface area contributed by atoms with Crippen LogP contribution in [0.5, 0.6) is 0 Å². The fraction of sp³-hybridized carbons (Fsp3) is 0.360. The molecule has 0 aliphatic carbocycles. The smallest absolute Gasteiger partial charge is 0.234 e. The standard InChI is InChI=1S/C25H30N6O2/c1-25(2,15-19-7-4-3-5-8-19)30-23(32)18-31-13-14-33-22(17-31)21-10-9-20(16-28-21)29-24-26-11-6-12-27-24/h3-12,16,22H,13-15,17-18H2,1-2H3,(H,30,32)(H,26,27,29)/t22-/m0/s1. The molecule has 0 saturated carbocycles. The second-order valence-corrected chi connectivity index (χ2v) is 8.86. The van der Waals surface area contributed by atoms with Gasteiger partial charge in [-0.15, -0.1) is 0 Å². The van der Waals surface area contributed by atoms with Gasteiger partial charge in [0.2, 0.25) is 11.9 Å². The Hall–Kier alpha value is -3.36. The van der Waals surface area contributed by atoms with E-state index in [2.05, 4.69) is 56.5 Å². The summed E-state index contributed by atoms with van der Waals surface area (Å²) in [6, 6.07) is 15.8. The number of pyridine rings is 1. The maximum Gasteiger partial charge on any atom is 0.234 e. The maximum atomic E-state index is 12.7. The highest BCUT2D eigenvalue weighted by Gasteiger charge is 2.27. The molecule has 0 unspecified atom stereocenters. The van der Waals surface area contributed by atoms with Gasteiger partial charge in [-0.05, 0) is 44.0 Å². The number of carbonyl (C=O) groups excluding carboxylic acids is 1. The van der Waals surface area contributed by atoms with Crippen LogP contribution in [0.2, 0.25) is 0 Å². The van der Waals surface area contributed by atoms with Gasteiger partial charge in [-0.2, -0.15) is 0 Å². The fourth-order valence-electron chi connectivity index (χ4n) is 3.96. The first-order chi connectivity index (χ1) is 16.0. The molecule has 8 nitrogen and oxygen atoms in total. The summed E-state index contributed by atoms with van der Waals surface area (Å²) in [6.45, 7) is 6.34. The maximum absolute atomic E-state index is 12.7. The van der Waals surface area contributed by atoms with Crippen molar-refractivity contribution in [3.8, 4) is 0 Å². The van der Waals surface area contributed by atoms with Gasteiger partial charge in [0.05, 0.1) is 30.7 Å². The first kappa shape index (κ1) is 22.8. The number of nitrogens with one attached hydrogen (secondary N) is 2. The number of anilines is 2. The van der Waals surface area contributed by atoms with E-state index >= 15 is 0 Å². The Labute approximate surface area is 194 Å². The molecule has 3 aromatic rings. The molecular formula is C25H30N6O2. The van der Waals surface area contributed by atoms with Gasteiger partial charge in [-0.3, -0.25) is 14.7 Å². The summed E-state index contributed by atoms with van der Waals surface area (Å²) in [5.74, 6) is 0.542. The molecule has 3 heterocycles. The summed E-state index contributed by atoms with van der Waals surface area (Å²) >= 11 is 0. The number of rotatable bonds is 8. The lowest BCUT2D eigenvalue weighted by molar-refractivity contribution is -0.126. The van der Waals surface area contributed by atoms with E-state index in [-0.39, 0.29) is 17.6 Å². The van der Waals surface area contributed by atoms with Crippen LogP contribution >= 0.6 is 0 Å². The third-order valence-corrected chi connectivity index (χ3v) is 5.42. The van der Waals surface area contributed by atoms with Crippen LogP contribution < -0.4 is 10.6 Å². The van der Waals surface area contributed by atoms with E-state index in [1.54, 1.807) is 24.7 Å². The Kier molecular flexibility index (Phi) is 7.26. The first-order valence-corrected chi connectivity index (χ1v) is 11.2. The second kappa shape index (κ2) is 10.5. The molecular weight excluding hydrogens is 416 g/mol. The van der Waals surface area contributed by atoms with Crippen LogP contribution in [0.25, 0.3) is 0 Å². The van der Waals surface area contributed by atoms with Crippen molar-refractivity contribution in [2.75, 3.05) is 31.6 Å². The Morgan fingerprint density at radius 1 is 1.09 bits per heavy atom. The van der Waals surface area contributed by atoms with Gasteiger partial charge in [-0.25, -0.2) is 9.97 Å². The predicted molar refractivity (Wildman–Crippen MR) is 127 cm³/mol. The third-order valence-electron chi connectivity index (χ3n) is 5.42. The molecule has 1 fully saturated rings. The molecule has 1 aromatic carbocycles. The topological polar surface area (TPSA) is 92.3 Å². The monoisotopic (exact) mass is 446 g/mol. The van der Waals surface area contributed by atoms with Gasteiger partial charge in [0.25, 0.3) is 0 Å². The van der Waals surface area contributed by atoms with Crippen molar-refractivity contribution in [3.05, 3.63) is 78.4 Å². The zero-order valence-corrected chi connectivity index (χ0v) is 19.1. The third kappa shape index (κ3) is 6.81. The van der Waals surface area contributed by atoms with Gasteiger partial charge in [-0.1, -0.05) is 30.3 Å². The van der Waals surface area contributed by atoms with Gasteiger partial charge in [0, 0.05) is 31.0 Å². The van der Waals surface area contributed by atoms with E-state index < -0.39 is 0 Å². The highest BCUT2D eigenvalue weighted by molar-refractivity contribution is 5.78. The molecule has 0 radical (unpaired) electrons. The lowest BCUT2D eigenvalue weighted by atomic mass is 9.95.